The number of aryl methyl sites for hydroxylation is 1. The number of hydrogen-bond donors (Lipinski definition) is 0. The Morgan fingerprint density at radius 3 is 2.32 bits per heavy atom. The topological polar surface area (TPSA) is 12.9 Å². The fourth-order valence-electron chi connectivity index (χ4n) is 3.67. The Morgan fingerprint density at radius 1 is 1.14 bits per heavy atom. The molecule has 0 bridgehead atoms. The van der Waals surface area contributed by atoms with Gasteiger partial charge in [-0.2, -0.15) is 0 Å². The van der Waals surface area contributed by atoms with Crippen molar-refractivity contribution < 1.29 is 0 Å². The van der Waals surface area contributed by atoms with Crippen LogP contribution in [0.15, 0.2) is 11.1 Å². The lowest BCUT2D eigenvalue weighted by atomic mass is 9.76. The lowest BCUT2D eigenvalue weighted by Gasteiger charge is -2.33. The van der Waals surface area contributed by atoms with E-state index in [9.17, 15) is 0 Å². The van der Waals surface area contributed by atoms with Gasteiger partial charge in [0.15, 0.2) is 0 Å². The second-order valence-corrected chi connectivity index (χ2v) is 9.09. The molecule has 0 saturated carbocycles. The third kappa shape index (κ3) is 3.27. The van der Waals surface area contributed by atoms with Crippen LogP contribution in [0.5, 0.6) is 0 Å². The quantitative estimate of drug-likeness (QED) is 0.615. The van der Waals surface area contributed by atoms with E-state index in [-0.39, 0.29) is 0 Å². The van der Waals surface area contributed by atoms with Gasteiger partial charge in [0.05, 0.1) is 0 Å². The lowest BCUT2D eigenvalue weighted by Crippen LogP contribution is -2.19. The normalized spacial score (nSPS) is 26.1. The molecule has 0 N–H and O–H groups in total. The zero-order valence-electron chi connectivity index (χ0n) is 15.4. The number of allylic oxidation sites excluding steroid dienone is 2. The van der Waals surface area contributed by atoms with Crippen LogP contribution >= 0.6 is 11.8 Å². The van der Waals surface area contributed by atoms with Crippen LogP contribution in [-0.4, -0.2) is 10.2 Å². The van der Waals surface area contributed by atoms with E-state index >= 15 is 0 Å². The van der Waals surface area contributed by atoms with Gasteiger partial charge >= 0.3 is 0 Å². The molecule has 1 nitrogen and oxygen atoms in total. The fraction of sp³-hybridized carbons (Fsp3) is 0.650. The van der Waals surface area contributed by atoms with E-state index in [1.165, 1.54) is 33.7 Å². The van der Waals surface area contributed by atoms with Crippen molar-refractivity contribution in [1.29, 1.82) is 0 Å². The van der Waals surface area contributed by atoms with Gasteiger partial charge < -0.3 is 0 Å². The Balaban J connectivity index is 2.82. The predicted octanol–water partition coefficient (Wildman–Crippen LogP) is 6.53. The molecular formula is C20H31NS. The van der Waals surface area contributed by atoms with Crippen molar-refractivity contribution >= 4 is 17.3 Å². The van der Waals surface area contributed by atoms with E-state index in [1.54, 1.807) is 5.56 Å². The minimum absolute atomic E-state index is 0.526. The molecule has 1 aliphatic rings. The molecule has 2 atom stereocenters. The van der Waals surface area contributed by atoms with Crippen LogP contribution in [0.3, 0.4) is 0 Å². The first kappa shape index (κ1) is 17.6. The molecule has 0 aliphatic carbocycles. The van der Waals surface area contributed by atoms with Gasteiger partial charge in [0, 0.05) is 22.7 Å². The summed E-state index contributed by atoms with van der Waals surface area (Å²) in [4.78, 5) is 6.20. The zero-order valence-corrected chi connectivity index (χ0v) is 16.3. The Kier molecular flexibility index (Phi) is 5.42. The predicted molar refractivity (Wildman–Crippen MR) is 101 cm³/mol. The van der Waals surface area contributed by atoms with Crippen LogP contribution in [0, 0.1) is 12.8 Å². The van der Waals surface area contributed by atoms with Crippen LogP contribution in [0.2, 0.25) is 0 Å². The number of hydrogen-bond acceptors (Lipinski definition) is 2. The number of fused-ring (bicyclic) bond motifs is 1. The molecule has 1 aromatic rings. The summed E-state index contributed by atoms with van der Waals surface area (Å²) in [6.45, 7) is 18.5. The molecule has 2 rings (SSSR count). The van der Waals surface area contributed by atoms with Crippen molar-refractivity contribution in [3.63, 3.8) is 0 Å². The van der Waals surface area contributed by atoms with Gasteiger partial charge in [-0.05, 0) is 66.6 Å². The highest BCUT2D eigenvalue weighted by Crippen LogP contribution is 2.46. The smallest absolute Gasteiger partial charge is 0.0450 e. The monoisotopic (exact) mass is 317 g/mol. The maximum absolute atomic E-state index is 4.74. The molecular weight excluding hydrogens is 286 g/mol. The molecule has 0 radical (unpaired) electrons. The van der Waals surface area contributed by atoms with Gasteiger partial charge in [0.2, 0.25) is 0 Å². The van der Waals surface area contributed by atoms with E-state index in [4.69, 9.17) is 4.98 Å². The van der Waals surface area contributed by atoms with Gasteiger partial charge in [-0.1, -0.05) is 34.6 Å². The Labute approximate surface area is 141 Å². The lowest BCUT2D eigenvalue weighted by molar-refractivity contribution is 0.461. The molecule has 1 unspecified atom stereocenters. The molecule has 22 heavy (non-hydrogen) atoms. The highest BCUT2D eigenvalue weighted by atomic mass is 32.2. The number of nitrogens with zero attached hydrogens (tertiary/aromatic N) is 1. The number of thioether (sulfide) groups is 1. The van der Waals surface area contributed by atoms with Gasteiger partial charge in [-0.15, -0.1) is 11.8 Å². The zero-order chi connectivity index (χ0) is 16.6. The molecule has 0 aromatic carbocycles. The van der Waals surface area contributed by atoms with Crippen LogP contribution < -0.4 is 0 Å². The second kappa shape index (κ2) is 6.78. The Bertz CT molecular complexity index is 584. The number of pyridine rings is 1. The van der Waals surface area contributed by atoms with Crippen LogP contribution in [-0.2, 0) is 0 Å². The first-order valence-corrected chi connectivity index (χ1v) is 9.45. The number of aromatic nitrogens is 1. The summed E-state index contributed by atoms with van der Waals surface area (Å²) in [6, 6.07) is 0. The third-order valence-electron chi connectivity index (χ3n) is 5.00. The first-order valence-electron chi connectivity index (χ1n) is 8.57. The van der Waals surface area contributed by atoms with Gasteiger partial charge in [-0.3, -0.25) is 4.98 Å². The summed E-state index contributed by atoms with van der Waals surface area (Å²) < 4.78 is 0. The van der Waals surface area contributed by atoms with Crippen molar-refractivity contribution in [1.82, 2.24) is 4.98 Å². The average molecular weight is 318 g/mol. The Morgan fingerprint density at radius 2 is 1.77 bits per heavy atom. The highest BCUT2D eigenvalue weighted by molar-refractivity contribution is 8.03. The minimum Gasteiger partial charge on any atom is -0.261 e. The van der Waals surface area contributed by atoms with E-state index in [0.29, 0.717) is 23.0 Å². The van der Waals surface area contributed by atoms with Crippen LogP contribution in [0.4, 0.5) is 0 Å². The van der Waals surface area contributed by atoms with Gasteiger partial charge in [-0.25, -0.2) is 0 Å². The Hall–Kier alpha value is -0.760. The van der Waals surface area contributed by atoms with Crippen molar-refractivity contribution in [2.75, 3.05) is 0 Å². The summed E-state index contributed by atoms with van der Waals surface area (Å²) in [5, 5.41) is 0.670. The van der Waals surface area contributed by atoms with Crippen molar-refractivity contribution in [3.05, 3.63) is 33.5 Å². The minimum atomic E-state index is 0.526. The molecule has 122 valence electrons. The summed E-state index contributed by atoms with van der Waals surface area (Å²) in [7, 11) is 0. The molecule has 1 aromatic heterocycles. The van der Waals surface area contributed by atoms with E-state index < -0.39 is 0 Å². The molecule has 0 saturated heterocycles. The van der Waals surface area contributed by atoms with Crippen molar-refractivity contribution in [2.45, 2.75) is 78.9 Å². The highest BCUT2D eigenvalue weighted by Gasteiger charge is 2.29. The van der Waals surface area contributed by atoms with Crippen molar-refractivity contribution in [2.24, 2.45) is 5.92 Å². The largest absolute Gasteiger partial charge is 0.261 e. The van der Waals surface area contributed by atoms with Crippen molar-refractivity contribution in [3.8, 4) is 0 Å². The summed E-state index contributed by atoms with van der Waals surface area (Å²) in [6.07, 6.45) is 3.39. The van der Waals surface area contributed by atoms with Gasteiger partial charge in [0.25, 0.3) is 0 Å². The molecule has 1 aliphatic heterocycles. The number of rotatable bonds is 2. The SMILES string of the molecule is C/C1=C(\C)c2c(C)ncc(C(C)C)c2C(C(C)C)C[C@@H](C)S1. The fourth-order valence-corrected chi connectivity index (χ4v) is 4.85. The van der Waals surface area contributed by atoms with Crippen LogP contribution in [0.1, 0.15) is 89.1 Å². The third-order valence-corrected chi connectivity index (χ3v) is 6.26. The molecule has 0 fully saturated rings. The maximum atomic E-state index is 4.74. The standard InChI is InChI=1S/C20H31NS/c1-11(2)17-9-13(5)22-16(8)14(6)19-15(7)21-10-18(12(3)4)20(17)19/h10-13,17H,9H2,1-8H3/b16-14-/t13-,17?/m1/s1. The van der Waals surface area contributed by atoms with E-state index in [2.05, 4.69) is 61.6 Å². The summed E-state index contributed by atoms with van der Waals surface area (Å²) in [5.74, 6) is 1.81. The van der Waals surface area contributed by atoms with E-state index in [0.717, 1.165) is 0 Å². The van der Waals surface area contributed by atoms with Gasteiger partial charge in [0.1, 0.15) is 0 Å². The second-order valence-electron chi connectivity index (χ2n) is 7.44. The van der Waals surface area contributed by atoms with Crippen LogP contribution in [0.25, 0.3) is 5.57 Å². The first-order chi connectivity index (χ1) is 10.2. The average Bonchev–Trinajstić information content (AvgIpc) is 2.41. The molecule has 2 heterocycles. The summed E-state index contributed by atoms with van der Waals surface area (Å²) >= 11 is 2.04. The molecule has 0 amide bonds. The maximum Gasteiger partial charge on any atom is 0.0450 e. The summed E-state index contributed by atoms with van der Waals surface area (Å²) in [5.41, 5.74) is 7.09. The molecule has 2 heteroatoms. The van der Waals surface area contributed by atoms with E-state index in [1.807, 2.05) is 11.8 Å². The molecule has 0 spiro atoms.